The van der Waals surface area contributed by atoms with Crippen LogP contribution in [0.5, 0.6) is 0 Å². The van der Waals surface area contributed by atoms with Gasteiger partial charge in [0.2, 0.25) is 5.91 Å². The van der Waals surface area contributed by atoms with Crippen LogP contribution < -0.4 is 11.1 Å². The van der Waals surface area contributed by atoms with Gasteiger partial charge in [0.15, 0.2) is 0 Å². The monoisotopic (exact) mass is 268 g/mol. The van der Waals surface area contributed by atoms with E-state index in [2.05, 4.69) is 33.0 Å². The number of carbonyl (C=O) groups excluding carboxylic acids is 1. The summed E-state index contributed by atoms with van der Waals surface area (Å²) in [5.41, 5.74) is 5.65. The van der Waals surface area contributed by atoms with Gasteiger partial charge in [0.25, 0.3) is 0 Å². The number of hydrogen-bond donors (Lipinski definition) is 2. The van der Waals surface area contributed by atoms with Crippen LogP contribution in [0.4, 0.5) is 0 Å². The molecule has 0 aliphatic heterocycles. The molecule has 0 spiro atoms. The summed E-state index contributed by atoms with van der Waals surface area (Å²) in [7, 11) is 0. The molecule has 0 aromatic heterocycles. The second-order valence-corrected chi connectivity index (χ2v) is 7.50. The molecule has 1 aliphatic rings. The Morgan fingerprint density at radius 2 is 1.79 bits per heavy atom. The summed E-state index contributed by atoms with van der Waals surface area (Å²) < 4.78 is 0. The largest absolute Gasteiger partial charge is 0.351 e. The molecule has 0 aromatic rings. The summed E-state index contributed by atoms with van der Waals surface area (Å²) in [5.74, 6) is 0.582. The van der Waals surface area contributed by atoms with Gasteiger partial charge >= 0.3 is 0 Å². The smallest absolute Gasteiger partial charge is 0.240 e. The van der Waals surface area contributed by atoms with Crippen molar-refractivity contribution >= 4 is 5.91 Å². The molecule has 1 rings (SSSR count). The zero-order chi connectivity index (χ0) is 14.7. The van der Waals surface area contributed by atoms with E-state index >= 15 is 0 Å². The predicted molar refractivity (Wildman–Crippen MR) is 80.8 cm³/mol. The minimum Gasteiger partial charge on any atom is -0.351 e. The van der Waals surface area contributed by atoms with Crippen molar-refractivity contribution in [3.8, 4) is 0 Å². The van der Waals surface area contributed by atoms with E-state index in [0.29, 0.717) is 12.0 Å². The number of nitrogens with two attached hydrogens (primary N) is 1. The van der Waals surface area contributed by atoms with Crippen LogP contribution in [0, 0.1) is 11.3 Å². The quantitative estimate of drug-likeness (QED) is 0.822. The van der Waals surface area contributed by atoms with Crippen LogP contribution in [-0.4, -0.2) is 17.5 Å². The molecular weight excluding hydrogens is 236 g/mol. The highest BCUT2D eigenvalue weighted by molar-refractivity contribution is 5.85. The first-order valence-electron chi connectivity index (χ1n) is 7.78. The molecule has 19 heavy (non-hydrogen) atoms. The molecule has 0 aromatic carbocycles. The first kappa shape index (κ1) is 16.5. The maximum absolute atomic E-state index is 12.4. The lowest BCUT2D eigenvalue weighted by Gasteiger charge is -2.41. The summed E-state index contributed by atoms with van der Waals surface area (Å²) in [6.07, 6.45) is 6.48. The standard InChI is InChI=1S/C16H32N2O/c1-6-11-16(5,17)14(19)18-13-10-8-7-9-12(13)15(2,3)4/h12-13H,6-11,17H2,1-5H3,(H,18,19). The van der Waals surface area contributed by atoms with Gasteiger partial charge in [0.1, 0.15) is 0 Å². The van der Waals surface area contributed by atoms with Gasteiger partial charge in [-0.25, -0.2) is 0 Å². The van der Waals surface area contributed by atoms with E-state index in [1.807, 2.05) is 6.92 Å². The van der Waals surface area contributed by atoms with Crippen molar-refractivity contribution in [2.75, 3.05) is 0 Å². The van der Waals surface area contributed by atoms with Gasteiger partial charge < -0.3 is 11.1 Å². The zero-order valence-electron chi connectivity index (χ0n) is 13.4. The minimum absolute atomic E-state index is 0.0236. The summed E-state index contributed by atoms with van der Waals surface area (Å²) in [6.45, 7) is 10.7. The zero-order valence-corrected chi connectivity index (χ0v) is 13.4. The van der Waals surface area contributed by atoms with E-state index in [4.69, 9.17) is 5.73 Å². The summed E-state index contributed by atoms with van der Waals surface area (Å²) in [5, 5.41) is 3.24. The maximum Gasteiger partial charge on any atom is 0.240 e. The van der Waals surface area contributed by atoms with Crippen molar-refractivity contribution in [1.29, 1.82) is 0 Å². The fourth-order valence-corrected chi connectivity index (χ4v) is 3.31. The van der Waals surface area contributed by atoms with Crippen LogP contribution in [-0.2, 0) is 4.79 Å². The highest BCUT2D eigenvalue weighted by Crippen LogP contribution is 2.38. The molecule has 3 nitrogen and oxygen atoms in total. The van der Waals surface area contributed by atoms with E-state index in [1.54, 1.807) is 0 Å². The third-order valence-electron chi connectivity index (χ3n) is 4.48. The number of nitrogens with one attached hydrogen (secondary N) is 1. The molecule has 0 radical (unpaired) electrons. The topological polar surface area (TPSA) is 55.1 Å². The van der Waals surface area contributed by atoms with E-state index in [1.165, 1.54) is 19.3 Å². The third kappa shape index (κ3) is 4.48. The molecule has 0 saturated heterocycles. The summed E-state index contributed by atoms with van der Waals surface area (Å²) >= 11 is 0. The lowest BCUT2D eigenvalue weighted by atomic mass is 9.69. The molecule has 3 unspecified atom stereocenters. The number of amides is 1. The molecule has 1 fully saturated rings. The fourth-order valence-electron chi connectivity index (χ4n) is 3.31. The fraction of sp³-hybridized carbons (Fsp3) is 0.938. The van der Waals surface area contributed by atoms with Crippen LogP contribution in [0.3, 0.4) is 0 Å². The third-order valence-corrected chi connectivity index (χ3v) is 4.48. The number of hydrogen-bond acceptors (Lipinski definition) is 2. The second kappa shape index (κ2) is 6.25. The molecule has 3 N–H and O–H groups in total. The Kier molecular flexibility index (Phi) is 5.43. The van der Waals surface area contributed by atoms with Crippen LogP contribution >= 0.6 is 0 Å². The van der Waals surface area contributed by atoms with Gasteiger partial charge in [-0.1, -0.05) is 47.0 Å². The second-order valence-electron chi connectivity index (χ2n) is 7.50. The lowest BCUT2D eigenvalue weighted by molar-refractivity contribution is -0.127. The first-order chi connectivity index (χ1) is 8.68. The molecule has 1 amide bonds. The van der Waals surface area contributed by atoms with Crippen LogP contribution in [0.15, 0.2) is 0 Å². The van der Waals surface area contributed by atoms with Gasteiger partial charge in [0, 0.05) is 6.04 Å². The van der Waals surface area contributed by atoms with E-state index in [9.17, 15) is 4.79 Å². The highest BCUT2D eigenvalue weighted by atomic mass is 16.2. The molecule has 1 aliphatic carbocycles. The predicted octanol–water partition coefficient (Wildman–Crippen LogP) is 3.23. The summed E-state index contributed by atoms with van der Waals surface area (Å²) in [4.78, 5) is 12.4. The van der Waals surface area contributed by atoms with E-state index < -0.39 is 5.54 Å². The van der Waals surface area contributed by atoms with Crippen LogP contribution in [0.1, 0.15) is 73.1 Å². The Labute approximate surface area is 118 Å². The van der Waals surface area contributed by atoms with Crippen molar-refractivity contribution in [3.05, 3.63) is 0 Å². The Morgan fingerprint density at radius 1 is 1.21 bits per heavy atom. The molecule has 3 atom stereocenters. The molecule has 112 valence electrons. The van der Waals surface area contributed by atoms with Gasteiger partial charge in [-0.3, -0.25) is 4.79 Å². The number of carbonyl (C=O) groups is 1. The minimum atomic E-state index is -0.728. The average Bonchev–Trinajstić information content (AvgIpc) is 2.28. The van der Waals surface area contributed by atoms with E-state index in [0.717, 1.165) is 19.3 Å². The van der Waals surface area contributed by atoms with E-state index in [-0.39, 0.29) is 11.3 Å². The Morgan fingerprint density at radius 3 is 2.32 bits per heavy atom. The normalized spacial score (nSPS) is 27.7. The first-order valence-corrected chi connectivity index (χ1v) is 7.78. The van der Waals surface area contributed by atoms with Crippen molar-refractivity contribution in [3.63, 3.8) is 0 Å². The van der Waals surface area contributed by atoms with Gasteiger partial charge in [0.05, 0.1) is 5.54 Å². The summed E-state index contributed by atoms with van der Waals surface area (Å²) in [6, 6.07) is 0.293. The molecular formula is C16H32N2O. The van der Waals surface area contributed by atoms with Crippen molar-refractivity contribution in [2.45, 2.75) is 84.7 Å². The van der Waals surface area contributed by atoms with Gasteiger partial charge in [-0.2, -0.15) is 0 Å². The van der Waals surface area contributed by atoms with Crippen LogP contribution in [0.2, 0.25) is 0 Å². The van der Waals surface area contributed by atoms with Crippen molar-refractivity contribution in [2.24, 2.45) is 17.1 Å². The Balaban J connectivity index is 2.70. The van der Waals surface area contributed by atoms with Gasteiger partial charge in [-0.05, 0) is 37.5 Å². The Hall–Kier alpha value is -0.570. The molecule has 1 saturated carbocycles. The van der Waals surface area contributed by atoms with Crippen LogP contribution in [0.25, 0.3) is 0 Å². The lowest BCUT2D eigenvalue weighted by Crippen LogP contribution is -2.57. The van der Waals surface area contributed by atoms with Gasteiger partial charge in [-0.15, -0.1) is 0 Å². The van der Waals surface area contributed by atoms with Crippen molar-refractivity contribution in [1.82, 2.24) is 5.32 Å². The van der Waals surface area contributed by atoms with Crippen molar-refractivity contribution < 1.29 is 4.79 Å². The average molecular weight is 268 g/mol. The Bertz CT molecular complexity index is 304. The highest BCUT2D eigenvalue weighted by Gasteiger charge is 2.37. The maximum atomic E-state index is 12.4. The SMILES string of the molecule is CCCC(C)(N)C(=O)NC1CCCCC1C(C)(C)C. The number of rotatable bonds is 4. The molecule has 3 heteroatoms. The molecule has 0 heterocycles. The molecule has 0 bridgehead atoms.